The van der Waals surface area contributed by atoms with Crippen molar-refractivity contribution in [1.29, 1.82) is 0 Å². The highest BCUT2D eigenvalue weighted by Gasteiger charge is 2.08. The van der Waals surface area contributed by atoms with E-state index < -0.39 is 0 Å². The van der Waals surface area contributed by atoms with Gasteiger partial charge in [-0.05, 0) is 42.5 Å². The molecule has 25 heavy (non-hydrogen) atoms. The number of urea groups is 1. The Morgan fingerprint density at radius 2 is 1.48 bits per heavy atom. The Morgan fingerprint density at radius 1 is 0.840 bits per heavy atom. The number of aliphatic hydroxyl groups excluding tert-OH is 1. The standard InChI is InChI=1S/C20H18N2O3/c23-14-15-13-17(22-20(24)21-16-7-3-1-4-8-16)11-12-19(15)25-18-9-5-2-6-10-18/h1-13,23H,14H2,(H2,21,22,24). The lowest BCUT2D eigenvalue weighted by atomic mass is 10.2. The van der Waals surface area contributed by atoms with Gasteiger partial charge < -0.3 is 20.5 Å². The van der Waals surface area contributed by atoms with E-state index in [1.807, 2.05) is 48.5 Å². The Kier molecular flexibility index (Phi) is 5.29. The van der Waals surface area contributed by atoms with Crippen molar-refractivity contribution in [1.82, 2.24) is 0 Å². The van der Waals surface area contributed by atoms with Gasteiger partial charge in [0.2, 0.25) is 0 Å². The van der Waals surface area contributed by atoms with E-state index in [0.717, 1.165) is 0 Å². The van der Waals surface area contributed by atoms with Gasteiger partial charge in [-0.1, -0.05) is 36.4 Å². The number of anilines is 2. The molecule has 0 saturated carbocycles. The molecule has 0 unspecified atom stereocenters. The van der Waals surface area contributed by atoms with Crippen molar-refractivity contribution in [3.8, 4) is 11.5 Å². The zero-order valence-corrected chi connectivity index (χ0v) is 13.5. The molecule has 3 rings (SSSR count). The number of aliphatic hydroxyl groups is 1. The first-order valence-electron chi connectivity index (χ1n) is 7.84. The van der Waals surface area contributed by atoms with E-state index in [-0.39, 0.29) is 12.6 Å². The molecule has 0 aliphatic carbocycles. The lowest BCUT2D eigenvalue weighted by molar-refractivity contribution is 0.262. The Morgan fingerprint density at radius 3 is 2.16 bits per heavy atom. The van der Waals surface area contributed by atoms with Crippen molar-refractivity contribution < 1.29 is 14.6 Å². The first kappa shape index (κ1) is 16.5. The van der Waals surface area contributed by atoms with Crippen LogP contribution in [0.15, 0.2) is 78.9 Å². The van der Waals surface area contributed by atoms with E-state index in [4.69, 9.17) is 4.74 Å². The van der Waals surface area contributed by atoms with E-state index in [0.29, 0.717) is 28.4 Å². The molecule has 5 heteroatoms. The van der Waals surface area contributed by atoms with E-state index >= 15 is 0 Å². The lowest BCUT2D eigenvalue weighted by Crippen LogP contribution is -2.19. The molecule has 3 N–H and O–H groups in total. The lowest BCUT2D eigenvalue weighted by Gasteiger charge is -2.13. The van der Waals surface area contributed by atoms with Crippen LogP contribution in [0.1, 0.15) is 5.56 Å². The van der Waals surface area contributed by atoms with Crippen LogP contribution in [0, 0.1) is 0 Å². The molecular weight excluding hydrogens is 316 g/mol. The largest absolute Gasteiger partial charge is 0.457 e. The Hall–Kier alpha value is -3.31. The van der Waals surface area contributed by atoms with Crippen LogP contribution in [0.25, 0.3) is 0 Å². The average Bonchev–Trinajstić information content (AvgIpc) is 2.64. The fourth-order valence-electron chi connectivity index (χ4n) is 2.31. The second-order valence-corrected chi connectivity index (χ2v) is 5.34. The van der Waals surface area contributed by atoms with Crippen LogP contribution in [0.4, 0.5) is 16.2 Å². The highest BCUT2D eigenvalue weighted by atomic mass is 16.5. The van der Waals surface area contributed by atoms with Gasteiger partial charge >= 0.3 is 6.03 Å². The molecule has 0 fully saturated rings. The number of benzene rings is 3. The summed E-state index contributed by atoms with van der Waals surface area (Å²) in [6.45, 7) is -0.196. The molecule has 3 aromatic rings. The van der Waals surface area contributed by atoms with Gasteiger partial charge in [-0.2, -0.15) is 0 Å². The van der Waals surface area contributed by atoms with Gasteiger partial charge in [-0.15, -0.1) is 0 Å². The van der Waals surface area contributed by atoms with Crippen LogP contribution in [0.2, 0.25) is 0 Å². The molecule has 0 aromatic heterocycles. The normalized spacial score (nSPS) is 10.1. The van der Waals surface area contributed by atoms with Crippen molar-refractivity contribution >= 4 is 17.4 Å². The van der Waals surface area contributed by atoms with Crippen LogP contribution >= 0.6 is 0 Å². The SMILES string of the molecule is O=C(Nc1ccccc1)Nc1ccc(Oc2ccccc2)c(CO)c1. The van der Waals surface area contributed by atoms with Crippen molar-refractivity contribution in [3.05, 3.63) is 84.4 Å². The molecule has 0 heterocycles. The van der Waals surface area contributed by atoms with E-state index in [2.05, 4.69) is 10.6 Å². The minimum Gasteiger partial charge on any atom is -0.457 e. The van der Waals surface area contributed by atoms with Gasteiger partial charge in [0.25, 0.3) is 0 Å². The minimum absolute atomic E-state index is 0.196. The molecule has 3 aromatic carbocycles. The van der Waals surface area contributed by atoms with Gasteiger partial charge in [0.15, 0.2) is 0 Å². The molecule has 0 spiro atoms. The molecule has 126 valence electrons. The smallest absolute Gasteiger partial charge is 0.323 e. The topological polar surface area (TPSA) is 70.6 Å². The molecule has 0 radical (unpaired) electrons. The molecule has 2 amide bonds. The van der Waals surface area contributed by atoms with Crippen molar-refractivity contribution in [3.63, 3.8) is 0 Å². The summed E-state index contributed by atoms with van der Waals surface area (Å²) >= 11 is 0. The van der Waals surface area contributed by atoms with E-state index in [1.54, 1.807) is 30.3 Å². The number of nitrogens with one attached hydrogen (secondary N) is 2. The fraction of sp³-hybridized carbons (Fsp3) is 0.0500. The maximum atomic E-state index is 12.0. The number of hydrogen-bond acceptors (Lipinski definition) is 3. The van der Waals surface area contributed by atoms with Crippen molar-refractivity contribution in [2.75, 3.05) is 10.6 Å². The summed E-state index contributed by atoms with van der Waals surface area (Å²) in [5.74, 6) is 1.22. The molecule has 0 aliphatic rings. The third kappa shape index (κ3) is 4.59. The maximum absolute atomic E-state index is 12.0. The second kappa shape index (κ2) is 7.99. The number of rotatable bonds is 5. The molecule has 0 atom stereocenters. The second-order valence-electron chi connectivity index (χ2n) is 5.34. The Labute approximate surface area is 145 Å². The molecule has 5 nitrogen and oxygen atoms in total. The Bertz CT molecular complexity index is 836. The van der Waals surface area contributed by atoms with Crippen molar-refractivity contribution in [2.24, 2.45) is 0 Å². The average molecular weight is 334 g/mol. The monoisotopic (exact) mass is 334 g/mol. The number of amides is 2. The zero-order chi connectivity index (χ0) is 17.5. The number of carbonyl (C=O) groups excluding carboxylic acids is 1. The van der Waals surface area contributed by atoms with Crippen LogP contribution in [0.3, 0.4) is 0 Å². The predicted octanol–water partition coefficient (Wildman–Crippen LogP) is 4.62. The third-order valence-electron chi connectivity index (χ3n) is 3.49. The summed E-state index contributed by atoms with van der Waals surface area (Å²) < 4.78 is 5.77. The Balaban J connectivity index is 1.69. The van der Waals surface area contributed by atoms with Crippen LogP contribution in [0.5, 0.6) is 11.5 Å². The summed E-state index contributed by atoms with van der Waals surface area (Å²) in [5.41, 5.74) is 1.85. The molecule has 0 aliphatic heterocycles. The van der Waals surface area contributed by atoms with Gasteiger partial charge in [-0.25, -0.2) is 4.79 Å². The molecule has 0 saturated heterocycles. The van der Waals surface area contributed by atoms with Gasteiger partial charge in [-0.3, -0.25) is 0 Å². The molecule has 0 bridgehead atoms. The first-order valence-corrected chi connectivity index (χ1v) is 7.84. The van der Waals surface area contributed by atoms with Crippen LogP contribution in [-0.4, -0.2) is 11.1 Å². The van der Waals surface area contributed by atoms with Gasteiger partial charge in [0.1, 0.15) is 11.5 Å². The zero-order valence-electron chi connectivity index (χ0n) is 13.5. The summed E-state index contributed by atoms with van der Waals surface area (Å²) in [6, 6.07) is 23.3. The summed E-state index contributed by atoms with van der Waals surface area (Å²) in [4.78, 5) is 12.0. The predicted molar refractivity (Wildman–Crippen MR) is 98.0 cm³/mol. The number of para-hydroxylation sites is 2. The first-order chi connectivity index (χ1) is 12.2. The maximum Gasteiger partial charge on any atom is 0.323 e. The highest BCUT2D eigenvalue weighted by molar-refractivity contribution is 5.99. The van der Waals surface area contributed by atoms with Crippen LogP contribution in [-0.2, 0) is 6.61 Å². The third-order valence-corrected chi connectivity index (χ3v) is 3.49. The van der Waals surface area contributed by atoms with Crippen molar-refractivity contribution in [2.45, 2.75) is 6.61 Å². The van der Waals surface area contributed by atoms with E-state index in [1.165, 1.54) is 0 Å². The highest BCUT2D eigenvalue weighted by Crippen LogP contribution is 2.28. The van der Waals surface area contributed by atoms with Crippen LogP contribution < -0.4 is 15.4 Å². The summed E-state index contributed by atoms with van der Waals surface area (Å²) in [5, 5.41) is 15.1. The number of ether oxygens (including phenoxy) is 1. The van der Waals surface area contributed by atoms with E-state index in [9.17, 15) is 9.90 Å². The van der Waals surface area contributed by atoms with Gasteiger partial charge in [0, 0.05) is 16.9 Å². The summed E-state index contributed by atoms with van der Waals surface area (Å²) in [7, 11) is 0. The molecular formula is C20H18N2O3. The fourth-order valence-corrected chi connectivity index (χ4v) is 2.31. The quantitative estimate of drug-likeness (QED) is 0.638. The summed E-state index contributed by atoms with van der Waals surface area (Å²) in [6.07, 6.45) is 0. The van der Waals surface area contributed by atoms with Gasteiger partial charge in [0.05, 0.1) is 6.61 Å². The number of hydrogen-bond donors (Lipinski definition) is 3. The number of carbonyl (C=O) groups is 1. The minimum atomic E-state index is -0.355.